The lowest BCUT2D eigenvalue weighted by Crippen LogP contribution is -3.13. The van der Waals surface area contributed by atoms with Crippen molar-refractivity contribution in [3.8, 4) is 0 Å². The minimum Gasteiger partial charge on any atom is -0.372 e. The molecule has 1 aliphatic heterocycles. The van der Waals surface area contributed by atoms with Gasteiger partial charge in [0.2, 0.25) is 0 Å². The predicted octanol–water partition coefficient (Wildman–Crippen LogP) is 1.63. The number of carbonyl (C=O) groups excluding carboxylic acids is 2. The van der Waals surface area contributed by atoms with Gasteiger partial charge in [0.1, 0.15) is 19.2 Å². The number of hydrogen-bond acceptors (Lipinski definition) is 4. The van der Waals surface area contributed by atoms with Gasteiger partial charge in [-0.1, -0.05) is 36.4 Å². The molecule has 3 rings (SSSR count). The summed E-state index contributed by atoms with van der Waals surface area (Å²) in [7, 11) is 0. The van der Waals surface area contributed by atoms with Crippen LogP contribution in [-0.2, 0) is 27.3 Å². The third-order valence-electron chi connectivity index (χ3n) is 5.06. The molecule has 2 aromatic rings. The number of thiophene rings is 1. The second-order valence-electron chi connectivity index (χ2n) is 7.44. The first-order valence-corrected chi connectivity index (χ1v) is 10.8. The Balaban J connectivity index is 1.59. The van der Waals surface area contributed by atoms with E-state index in [-0.39, 0.29) is 17.8 Å². The van der Waals surface area contributed by atoms with E-state index in [9.17, 15) is 9.59 Å². The lowest BCUT2D eigenvalue weighted by Gasteiger charge is -2.23. The van der Waals surface area contributed by atoms with Crippen molar-refractivity contribution >= 4 is 23.0 Å². The van der Waals surface area contributed by atoms with Gasteiger partial charge in [-0.25, -0.2) is 0 Å². The van der Waals surface area contributed by atoms with Crippen LogP contribution in [0.1, 0.15) is 30.2 Å². The Hall–Kier alpha value is -2.02. The summed E-state index contributed by atoms with van der Waals surface area (Å²) in [5, 5.41) is 5.01. The largest absolute Gasteiger partial charge is 0.372 e. The summed E-state index contributed by atoms with van der Waals surface area (Å²) in [6.45, 7) is 4.31. The van der Waals surface area contributed by atoms with Crippen molar-refractivity contribution in [3.05, 3.63) is 58.3 Å². The summed E-state index contributed by atoms with van der Waals surface area (Å²) >= 11 is 1.71. The molecule has 0 bridgehead atoms. The number of Topliss-reactive ketones (excluding diaryl/α,β-unsaturated/α-hetero) is 1. The van der Waals surface area contributed by atoms with Gasteiger partial charge in [-0.05, 0) is 43.2 Å². The SMILES string of the molecule is CC(=O)[C@@H](Cc1ccccc1)NC(=O)C[NH+](Cc1cccs1)C[C@@H]1CCCO1. The van der Waals surface area contributed by atoms with Crippen molar-refractivity contribution in [3.63, 3.8) is 0 Å². The van der Waals surface area contributed by atoms with E-state index in [1.165, 1.54) is 16.7 Å². The fourth-order valence-corrected chi connectivity index (χ4v) is 4.39. The standard InChI is InChI=1S/C22H28N2O3S/c1-17(25)21(13-18-7-3-2-4-8-18)23-22(26)16-24(14-19-9-5-11-27-19)15-20-10-6-12-28-20/h2-4,6-8,10,12,19,21H,5,9,11,13-16H2,1H3,(H,23,26)/p+1/t19-,21+/m0/s1. The number of carbonyl (C=O) groups is 2. The maximum absolute atomic E-state index is 12.7. The van der Waals surface area contributed by atoms with Gasteiger partial charge in [0.05, 0.1) is 10.9 Å². The molecular formula is C22H29N2O3S+. The number of hydrogen-bond donors (Lipinski definition) is 2. The van der Waals surface area contributed by atoms with E-state index in [1.54, 1.807) is 11.3 Å². The summed E-state index contributed by atoms with van der Waals surface area (Å²) in [5.41, 5.74) is 1.05. The minimum absolute atomic E-state index is 0.0175. The van der Waals surface area contributed by atoms with E-state index in [4.69, 9.17) is 4.74 Å². The number of ketones is 1. The van der Waals surface area contributed by atoms with Gasteiger partial charge in [0.15, 0.2) is 12.3 Å². The van der Waals surface area contributed by atoms with Crippen molar-refractivity contribution in [1.29, 1.82) is 0 Å². The monoisotopic (exact) mass is 401 g/mol. The highest BCUT2D eigenvalue weighted by Crippen LogP contribution is 2.11. The average molecular weight is 402 g/mol. The van der Waals surface area contributed by atoms with Gasteiger partial charge in [-0.15, -0.1) is 11.3 Å². The van der Waals surface area contributed by atoms with Crippen molar-refractivity contribution in [2.45, 2.75) is 44.9 Å². The molecule has 1 aromatic carbocycles. The number of amides is 1. The van der Waals surface area contributed by atoms with Crippen LogP contribution < -0.4 is 10.2 Å². The molecule has 1 amide bonds. The van der Waals surface area contributed by atoms with Crippen LogP contribution in [0.5, 0.6) is 0 Å². The lowest BCUT2D eigenvalue weighted by molar-refractivity contribution is -0.908. The van der Waals surface area contributed by atoms with Gasteiger partial charge >= 0.3 is 0 Å². The van der Waals surface area contributed by atoms with Crippen LogP contribution in [0.3, 0.4) is 0 Å². The summed E-state index contributed by atoms with van der Waals surface area (Å²) in [4.78, 5) is 27.2. The van der Waals surface area contributed by atoms with E-state index < -0.39 is 6.04 Å². The zero-order valence-corrected chi connectivity index (χ0v) is 17.2. The fraction of sp³-hybridized carbons (Fsp3) is 0.455. The smallest absolute Gasteiger partial charge is 0.275 e. The summed E-state index contributed by atoms with van der Waals surface area (Å²) < 4.78 is 5.78. The van der Waals surface area contributed by atoms with Crippen molar-refractivity contribution in [2.24, 2.45) is 0 Å². The average Bonchev–Trinajstić information content (AvgIpc) is 3.36. The number of ether oxygens (including phenoxy) is 1. The minimum atomic E-state index is -0.486. The Morgan fingerprint density at radius 3 is 2.71 bits per heavy atom. The van der Waals surface area contributed by atoms with Crippen LogP contribution in [0.25, 0.3) is 0 Å². The first kappa shape index (κ1) is 20.7. The molecule has 6 heteroatoms. The molecule has 1 aromatic heterocycles. The first-order valence-electron chi connectivity index (χ1n) is 9.91. The van der Waals surface area contributed by atoms with E-state index in [0.29, 0.717) is 13.0 Å². The molecule has 1 fully saturated rings. The number of benzene rings is 1. The van der Waals surface area contributed by atoms with E-state index in [1.807, 2.05) is 36.4 Å². The van der Waals surface area contributed by atoms with Crippen LogP contribution >= 0.6 is 11.3 Å². The molecule has 2 heterocycles. The molecule has 1 unspecified atom stereocenters. The van der Waals surface area contributed by atoms with E-state index >= 15 is 0 Å². The zero-order valence-electron chi connectivity index (χ0n) is 16.4. The molecule has 3 atom stereocenters. The Kier molecular flexibility index (Phi) is 7.77. The van der Waals surface area contributed by atoms with Crippen LogP contribution in [0, 0.1) is 0 Å². The third-order valence-corrected chi connectivity index (χ3v) is 5.94. The van der Waals surface area contributed by atoms with Crippen LogP contribution in [0.2, 0.25) is 0 Å². The van der Waals surface area contributed by atoms with Crippen molar-refractivity contribution in [2.75, 3.05) is 19.7 Å². The van der Waals surface area contributed by atoms with E-state index in [0.717, 1.165) is 38.1 Å². The zero-order chi connectivity index (χ0) is 19.8. The molecule has 1 saturated heterocycles. The molecule has 0 spiro atoms. The van der Waals surface area contributed by atoms with Crippen molar-refractivity contribution in [1.82, 2.24) is 5.32 Å². The van der Waals surface area contributed by atoms with Crippen LogP contribution in [-0.4, -0.2) is 43.5 Å². The normalized spacial score (nSPS) is 18.5. The molecule has 2 N–H and O–H groups in total. The number of rotatable bonds is 10. The highest BCUT2D eigenvalue weighted by atomic mass is 32.1. The quantitative estimate of drug-likeness (QED) is 0.636. The van der Waals surface area contributed by atoms with Crippen molar-refractivity contribution < 1.29 is 19.2 Å². The second-order valence-corrected chi connectivity index (χ2v) is 8.47. The number of nitrogens with one attached hydrogen (secondary N) is 2. The summed E-state index contributed by atoms with van der Waals surface area (Å²) in [5.74, 6) is -0.100. The Morgan fingerprint density at radius 2 is 2.07 bits per heavy atom. The Labute approximate surface area is 170 Å². The molecule has 5 nitrogen and oxygen atoms in total. The van der Waals surface area contributed by atoms with Gasteiger partial charge in [-0.2, -0.15) is 0 Å². The van der Waals surface area contributed by atoms with Gasteiger partial charge < -0.3 is 15.0 Å². The summed E-state index contributed by atoms with van der Waals surface area (Å²) in [6, 6.07) is 13.5. The second kappa shape index (κ2) is 10.5. The maximum Gasteiger partial charge on any atom is 0.275 e. The highest BCUT2D eigenvalue weighted by molar-refractivity contribution is 7.09. The number of quaternary nitrogens is 1. The molecule has 0 saturated carbocycles. The molecule has 150 valence electrons. The predicted molar refractivity (Wildman–Crippen MR) is 110 cm³/mol. The first-order chi connectivity index (χ1) is 13.6. The van der Waals surface area contributed by atoms with Gasteiger partial charge in [0, 0.05) is 6.61 Å². The molecular weight excluding hydrogens is 372 g/mol. The molecule has 28 heavy (non-hydrogen) atoms. The van der Waals surface area contributed by atoms with Crippen LogP contribution in [0.15, 0.2) is 47.8 Å². The fourth-order valence-electron chi connectivity index (χ4n) is 3.61. The Bertz CT molecular complexity index is 742. The molecule has 0 aliphatic carbocycles. The highest BCUT2D eigenvalue weighted by Gasteiger charge is 2.26. The Morgan fingerprint density at radius 1 is 1.25 bits per heavy atom. The molecule has 0 radical (unpaired) electrons. The van der Waals surface area contributed by atoms with Gasteiger partial charge in [-0.3, -0.25) is 9.59 Å². The molecule has 1 aliphatic rings. The topological polar surface area (TPSA) is 59.8 Å². The lowest BCUT2D eigenvalue weighted by atomic mass is 10.0. The van der Waals surface area contributed by atoms with E-state index in [2.05, 4.69) is 16.8 Å². The summed E-state index contributed by atoms with van der Waals surface area (Å²) in [6.07, 6.45) is 2.89. The van der Waals surface area contributed by atoms with Gasteiger partial charge in [0.25, 0.3) is 5.91 Å². The third kappa shape index (κ3) is 6.55. The maximum atomic E-state index is 12.7. The van der Waals surface area contributed by atoms with Crippen LogP contribution in [0.4, 0.5) is 0 Å².